The Kier molecular flexibility index (Phi) is 7.48. The van der Waals surface area contributed by atoms with Crippen molar-refractivity contribution in [1.29, 1.82) is 0 Å². The van der Waals surface area contributed by atoms with Gasteiger partial charge in [-0.15, -0.1) is 24.8 Å². The van der Waals surface area contributed by atoms with Gasteiger partial charge in [-0.2, -0.15) is 0 Å². The molecule has 5 nitrogen and oxygen atoms in total. The van der Waals surface area contributed by atoms with Crippen LogP contribution in [0.3, 0.4) is 0 Å². The first-order valence-corrected chi connectivity index (χ1v) is 7.09. The molecule has 1 amide bonds. The number of nitrogens with zero attached hydrogens (tertiary/aromatic N) is 3. The summed E-state index contributed by atoms with van der Waals surface area (Å²) in [4.78, 5) is 20.1. The Balaban J connectivity index is 0.00000121. The van der Waals surface area contributed by atoms with E-state index in [1.165, 1.54) is 18.7 Å². The Morgan fingerprint density at radius 3 is 2.59 bits per heavy atom. The van der Waals surface area contributed by atoms with Crippen LogP contribution in [0.15, 0.2) is 18.5 Å². The summed E-state index contributed by atoms with van der Waals surface area (Å²) >= 11 is 0. The minimum absolute atomic E-state index is 0. The lowest BCUT2D eigenvalue weighted by atomic mass is 10.1. The molecule has 1 aromatic rings. The average molecular weight is 351 g/mol. The molecule has 2 aliphatic heterocycles. The minimum atomic E-state index is -0.542. The van der Waals surface area contributed by atoms with E-state index in [2.05, 4.69) is 15.2 Å². The van der Waals surface area contributed by atoms with Crippen LogP contribution in [0.5, 0.6) is 0 Å². The number of hydrogen-bond acceptors (Lipinski definition) is 4. The van der Waals surface area contributed by atoms with Crippen molar-refractivity contribution in [2.45, 2.75) is 12.5 Å². The molecule has 1 atom stereocenters. The lowest BCUT2D eigenvalue weighted by molar-refractivity contribution is 0.0579. The van der Waals surface area contributed by atoms with Crippen LogP contribution in [-0.2, 0) is 0 Å². The van der Waals surface area contributed by atoms with Gasteiger partial charge >= 0.3 is 0 Å². The zero-order valence-corrected chi connectivity index (χ0v) is 13.8. The van der Waals surface area contributed by atoms with Crippen molar-refractivity contribution in [1.82, 2.24) is 20.1 Å². The van der Waals surface area contributed by atoms with Gasteiger partial charge in [0, 0.05) is 45.0 Å². The van der Waals surface area contributed by atoms with Crippen LogP contribution in [0.4, 0.5) is 4.39 Å². The first-order chi connectivity index (χ1) is 9.75. The molecule has 2 aliphatic rings. The molecule has 0 bridgehead atoms. The second kappa shape index (κ2) is 8.62. The smallest absolute Gasteiger partial charge is 0.257 e. The third kappa shape index (κ3) is 4.07. The van der Waals surface area contributed by atoms with E-state index in [0.717, 1.165) is 32.4 Å². The molecule has 1 aromatic heterocycles. The maximum Gasteiger partial charge on any atom is 0.257 e. The number of aromatic nitrogens is 1. The molecular weight excluding hydrogens is 330 g/mol. The zero-order valence-electron chi connectivity index (χ0n) is 12.2. The molecule has 2 fully saturated rings. The summed E-state index contributed by atoms with van der Waals surface area (Å²) in [5.41, 5.74) is 0.121. The summed E-state index contributed by atoms with van der Waals surface area (Å²) in [6.07, 6.45) is 3.72. The van der Waals surface area contributed by atoms with Gasteiger partial charge in [0.15, 0.2) is 5.82 Å². The molecule has 3 heterocycles. The van der Waals surface area contributed by atoms with Crippen LogP contribution in [0.25, 0.3) is 0 Å². The van der Waals surface area contributed by atoms with E-state index in [1.54, 1.807) is 4.90 Å². The number of carbonyl (C=O) groups is 1. The Hall–Kier alpha value is -0.950. The zero-order chi connectivity index (χ0) is 13.9. The van der Waals surface area contributed by atoms with Gasteiger partial charge in [0.25, 0.3) is 5.91 Å². The van der Waals surface area contributed by atoms with Crippen molar-refractivity contribution in [2.75, 3.05) is 39.3 Å². The second-order valence-corrected chi connectivity index (χ2v) is 5.33. The largest absolute Gasteiger partial charge is 0.336 e. The fraction of sp³-hybridized carbons (Fsp3) is 0.571. The Bertz CT molecular complexity index is 491. The number of carbonyl (C=O) groups excluding carboxylic acids is 1. The van der Waals surface area contributed by atoms with Crippen LogP contribution in [0, 0.1) is 5.82 Å². The number of nitrogens with one attached hydrogen (secondary N) is 1. The highest BCUT2D eigenvalue weighted by Gasteiger charge is 2.28. The van der Waals surface area contributed by atoms with Gasteiger partial charge in [0.2, 0.25) is 0 Å². The van der Waals surface area contributed by atoms with Gasteiger partial charge in [0.05, 0.1) is 11.8 Å². The van der Waals surface area contributed by atoms with E-state index >= 15 is 0 Å². The van der Waals surface area contributed by atoms with E-state index in [0.29, 0.717) is 19.1 Å². The first kappa shape index (κ1) is 19.1. The third-order valence-electron chi connectivity index (χ3n) is 4.16. The standard InChI is InChI=1S/C14H19FN4O.2ClH/c15-13-10-17-4-2-12(13)14(20)19-7-5-18(6-8-19)11-1-3-16-9-11;;/h2,4,10-11,16H,1,3,5-9H2;2*1H. The molecule has 0 saturated carbocycles. The number of amides is 1. The predicted octanol–water partition coefficient (Wildman–Crippen LogP) is 1.18. The van der Waals surface area contributed by atoms with E-state index in [9.17, 15) is 9.18 Å². The number of pyridine rings is 1. The average Bonchev–Trinajstić information content (AvgIpc) is 3.01. The molecule has 0 aromatic carbocycles. The van der Waals surface area contributed by atoms with Gasteiger partial charge in [-0.3, -0.25) is 14.7 Å². The summed E-state index contributed by atoms with van der Waals surface area (Å²) in [5.74, 6) is -0.769. The maximum atomic E-state index is 13.6. The molecule has 1 unspecified atom stereocenters. The summed E-state index contributed by atoms with van der Waals surface area (Å²) in [6, 6.07) is 2.04. The van der Waals surface area contributed by atoms with Crippen LogP contribution < -0.4 is 5.32 Å². The quantitative estimate of drug-likeness (QED) is 0.870. The van der Waals surface area contributed by atoms with Crippen molar-refractivity contribution in [3.63, 3.8) is 0 Å². The minimum Gasteiger partial charge on any atom is -0.336 e. The first-order valence-electron chi connectivity index (χ1n) is 7.09. The highest BCUT2D eigenvalue weighted by atomic mass is 35.5. The van der Waals surface area contributed by atoms with Gasteiger partial charge in [-0.25, -0.2) is 4.39 Å². The fourth-order valence-electron chi connectivity index (χ4n) is 2.96. The molecule has 2 saturated heterocycles. The maximum absolute atomic E-state index is 13.6. The second-order valence-electron chi connectivity index (χ2n) is 5.33. The summed E-state index contributed by atoms with van der Waals surface area (Å²) in [5, 5.41) is 3.36. The highest BCUT2D eigenvalue weighted by Crippen LogP contribution is 2.15. The van der Waals surface area contributed by atoms with Gasteiger partial charge < -0.3 is 10.2 Å². The topological polar surface area (TPSA) is 48.5 Å². The van der Waals surface area contributed by atoms with Crippen molar-refractivity contribution < 1.29 is 9.18 Å². The molecule has 1 N–H and O–H groups in total. The summed E-state index contributed by atoms with van der Waals surface area (Å²) < 4.78 is 13.6. The molecule has 8 heteroatoms. The van der Waals surface area contributed by atoms with Gasteiger partial charge in [-0.05, 0) is 19.0 Å². The number of hydrogen-bond donors (Lipinski definition) is 1. The molecule has 0 radical (unpaired) electrons. The molecule has 0 spiro atoms. The molecule has 124 valence electrons. The monoisotopic (exact) mass is 350 g/mol. The van der Waals surface area contributed by atoms with Gasteiger partial charge in [0.1, 0.15) is 0 Å². The van der Waals surface area contributed by atoms with Crippen LogP contribution in [-0.4, -0.2) is 66.0 Å². The van der Waals surface area contributed by atoms with E-state index in [1.807, 2.05) is 0 Å². The van der Waals surface area contributed by atoms with Crippen LogP contribution >= 0.6 is 24.8 Å². The molecular formula is C14H21Cl2FN4O. The Morgan fingerprint density at radius 2 is 2.00 bits per heavy atom. The summed E-state index contributed by atoms with van der Waals surface area (Å²) in [6.45, 7) is 5.17. The van der Waals surface area contributed by atoms with Gasteiger partial charge in [-0.1, -0.05) is 0 Å². The molecule has 22 heavy (non-hydrogen) atoms. The van der Waals surface area contributed by atoms with Crippen molar-refractivity contribution in [3.05, 3.63) is 29.8 Å². The highest BCUT2D eigenvalue weighted by molar-refractivity contribution is 5.94. The van der Waals surface area contributed by atoms with Crippen LogP contribution in [0.1, 0.15) is 16.8 Å². The summed E-state index contributed by atoms with van der Waals surface area (Å²) in [7, 11) is 0. The Morgan fingerprint density at radius 1 is 1.27 bits per heavy atom. The molecule has 0 aliphatic carbocycles. The third-order valence-corrected chi connectivity index (χ3v) is 4.16. The van der Waals surface area contributed by atoms with Crippen LogP contribution in [0.2, 0.25) is 0 Å². The van der Waals surface area contributed by atoms with E-state index in [-0.39, 0.29) is 36.3 Å². The number of rotatable bonds is 2. The van der Waals surface area contributed by atoms with Crippen molar-refractivity contribution in [2.24, 2.45) is 0 Å². The number of halogens is 3. The SMILES string of the molecule is Cl.Cl.O=C(c1ccncc1F)N1CCN(C2CCNC2)CC1. The lowest BCUT2D eigenvalue weighted by Crippen LogP contribution is -2.52. The van der Waals surface area contributed by atoms with Crippen molar-refractivity contribution in [3.8, 4) is 0 Å². The predicted molar refractivity (Wildman–Crippen MR) is 87.4 cm³/mol. The Labute approximate surface area is 142 Å². The van der Waals surface area contributed by atoms with E-state index < -0.39 is 5.82 Å². The lowest BCUT2D eigenvalue weighted by Gasteiger charge is -2.37. The fourth-order valence-corrected chi connectivity index (χ4v) is 2.96. The van der Waals surface area contributed by atoms with Crippen molar-refractivity contribution >= 4 is 30.7 Å². The van der Waals surface area contributed by atoms with E-state index in [4.69, 9.17) is 0 Å². The number of piperazine rings is 1. The normalized spacial score (nSPS) is 21.9. The molecule has 3 rings (SSSR count).